The van der Waals surface area contributed by atoms with E-state index in [4.69, 9.17) is 6.42 Å². The third-order valence-electron chi connectivity index (χ3n) is 0.824. The minimum atomic E-state index is 0.938. The van der Waals surface area contributed by atoms with Gasteiger partial charge in [-0.05, 0) is 13.8 Å². The van der Waals surface area contributed by atoms with Crippen molar-refractivity contribution >= 4 is 0 Å². The summed E-state index contributed by atoms with van der Waals surface area (Å²) < 4.78 is 0. The summed E-state index contributed by atoms with van der Waals surface area (Å²) in [5, 5.41) is 0. The van der Waals surface area contributed by atoms with Gasteiger partial charge in [0.1, 0.15) is 0 Å². The van der Waals surface area contributed by atoms with Crippen molar-refractivity contribution in [1.29, 1.82) is 0 Å². The Morgan fingerprint density at radius 2 is 2.12 bits per heavy atom. The van der Waals surface area contributed by atoms with Crippen LogP contribution in [0, 0.1) is 12.3 Å². The van der Waals surface area contributed by atoms with Crippen molar-refractivity contribution in [2.75, 3.05) is 0 Å². The van der Waals surface area contributed by atoms with Gasteiger partial charge >= 0.3 is 0 Å². The zero-order chi connectivity index (χ0) is 6.41. The van der Waals surface area contributed by atoms with Crippen molar-refractivity contribution in [3.05, 3.63) is 23.8 Å². The Labute approximate surface area is 50.9 Å². The van der Waals surface area contributed by atoms with Gasteiger partial charge in [0.05, 0.1) is 0 Å². The van der Waals surface area contributed by atoms with E-state index < -0.39 is 0 Å². The lowest BCUT2D eigenvalue weighted by Crippen LogP contribution is -1.65. The fourth-order valence-electron chi connectivity index (χ4n) is 0.407. The monoisotopic (exact) mass is 106 g/mol. The van der Waals surface area contributed by atoms with Crippen LogP contribution in [0.25, 0.3) is 0 Å². The molecule has 0 radical (unpaired) electrons. The zero-order valence-electron chi connectivity index (χ0n) is 5.31. The van der Waals surface area contributed by atoms with Gasteiger partial charge in [-0.1, -0.05) is 24.1 Å². The molecular weight excluding hydrogens is 96.1 g/mol. The summed E-state index contributed by atoms with van der Waals surface area (Å²) in [4.78, 5) is 0. The van der Waals surface area contributed by atoms with Crippen LogP contribution in [0.5, 0.6) is 0 Å². The highest BCUT2D eigenvalue weighted by molar-refractivity contribution is 5.34. The van der Waals surface area contributed by atoms with Gasteiger partial charge in [-0.25, -0.2) is 0 Å². The SMILES string of the molecule is C#CC(C=CC)=CC. The molecular formula is C8H10. The van der Waals surface area contributed by atoms with E-state index >= 15 is 0 Å². The number of terminal acetylenes is 1. The summed E-state index contributed by atoms with van der Waals surface area (Å²) >= 11 is 0. The maximum atomic E-state index is 5.10. The van der Waals surface area contributed by atoms with E-state index in [0.29, 0.717) is 0 Å². The lowest BCUT2D eigenvalue weighted by Gasteiger charge is -1.81. The van der Waals surface area contributed by atoms with Gasteiger partial charge < -0.3 is 0 Å². The van der Waals surface area contributed by atoms with Gasteiger partial charge in [0, 0.05) is 5.57 Å². The van der Waals surface area contributed by atoms with Crippen LogP contribution in [-0.4, -0.2) is 0 Å². The number of hydrogen-bond acceptors (Lipinski definition) is 0. The fourth-order valence-corrected chi connectivity index (χ4v) is 0.407. The van der Waals surface area contributed by atoms with E-state index in [0.717, 1.165) is 5.57 Å². The average molecular weight is 106 g/mol. The predicted molar refractivity (Wildman–Crippen MR) is 37.4 cm³/mol. The molecule has 0 saturated heterocycles. The molecule has 0 aliphatic heterocycles. The molecule has 0 N–H and O–H groups in total. The Balaban J connectivity index is 3.98. The average Bonchev–Trinajstić information content (AvgIpc) is 1.83. The summed E-state index contributed by atoms with van der Waals surface area (Å²) in [6, 6.07) is 0. The molecule has 0 atom stereocenters. The number of allylic oxidation sites excluding steroid dienone is 4. The standard InChI is InChI=1S/C8H10/c1-4-7-8(5-2)6-3/h2,4,6-7H,1,3H3. The smallest absolute Gasteiger partial charge is 0.0196 e. The second kappa shape index (κ2) is 4.21. The van der Waals surface area contributed by atoms with E-state index in [1.54, 1.807) is 0 Å². The molecule has 0 bridgehead atoms. The summed E-state index contributed by atoms with van der Waals surface area (Å²) in [6.45, 7) is 3.87. The van der Waals surface area contributed by atoms with Gasteiger partial charge in [-0.2, -0.15) is 0 Å². The second-order valence-corrected chi connectivity index (χ2v) is 1.39. The molecule has 0 rings (SSSR count). The van der Waals surface area contributed by atoms with Crippen LogP contribution < -0.4 is 0 Å². The maximum absolute atomic E-state index is 5.10. The van der Waals surface area contributed by atoms with Crippen molar-refractivity contribution in [2.45, 2.75) is 13.8 Å². The molecule has 0 fully saturated rings. The van der Waals surface area contributed by atoms with Gasteiger partial charge in [0.15, 0.2) is 0 Å². The third-order valence-corrected chi connectivity index (χ3v) is 0.824. The van der Waals surface area contributed by atoms with Crippen molar-refractivity contribution < 1.29 is 0 Å². The van der Waals surface area contributed by atoms with E-state index in [1.807, 2.05) is 32.1 Å². The van der Waals surface area contributed by atoms with Crippen LogP contribution in [0.2, 0.25) is 0 Å². The van der Waals surface area contributed by atoms with E-state index in [2.05, 4.69) is 5.92 Å². The topological polar surface area (TPSA) is 0 Å². The first-order valence-electron chi connectivity index (χ1n) is 2.60. The van der Waals surface area contributed by atoms with Crippen LogP contribution in [0.15, 0.2) is 23.8 Å². The molecule has 0 aromatic rings. The third kappa shape index (κ3) is 2.25. The zero-order valence-corrected chi connectivity index (χ0v) is 5.31. The lowest BCUT2D eigenvalue weighted by molar-refractivity contribution is 1.61. The van der Waals surface area contributed by atoms with Crippen LogP contribution in [0.3, 0.4) is 0 Å². The molecule has 0 spiro atoms. The molecule has 0 aromatic heterocycles. The van der Waals surface area contributed by atoms with Crippen molar-refractivity contribution in [1.82, 2.24) is 0 Å². The molecule has 0 aliphatic carbocycles. The summed E-state index contributed by atoms with van der Waals surface area (Å²) in [5.41, 5.74) is 0.938. The highest BCUT2D eigenvalue weighted by Gasteiger charge is 1.75. The highest BCUT2D eigenvalue weighted by atomic mass is 13.8. The Hall–Kier alpha value is -0.960. The number of rotatable bonds is 1. The first kappa shape index (κ1) is 7.04. The Morgan fingerprint density at radius 1 is 1.50 bits per heavy atom. The van der Waals surface area contributed by atoms with E-state index in [9.17, 15) is 0 Å². The summed E-state index contributed by atoms with van der Waals surface area (Å²) in [7, 11) is 0. The normalized spacial score (nSPS) is 11.9. The first-order valence-corrected chi connectivity index (χ1v) is 2.60. The Bertz CT molecular complexity index is 142. The molecule has 8 heavy (non-hydrogen) atoms. The van der Waals surface area contributed by atoms with Gasteiger partial charge in [0.25, 0.3) is 0 Å². The molecule has 0 heterocycles. The maximum Gasteiger partial charge on any atom is 0.0196 e. The van der Waals surface area contributed by atoms with Crippen LogP contribution in [0.1, 0.15) is 13.8 Å². The fraction of sp³-hybridized carbons (Fsp3) is 0.250. The molecule has 0 heteroatoms. The molecule has 0 nitrogen and oxygen atoms in total. The number of hydrogen-bond donors (Lipinski definition) is 0. The van der Waals surface area contributed by atoms with Crippen molar-refractivity contribution in [3.8, 4) is 12.3 Å². The van der Waals surface area contributed by atoms with E-state index in [-0.39, 0.29) is 0 Å². The lowest BCUT2D eigenvalue weighted by atomic mass is 10.2. The Kier molecular flexibility index (Phi) is 3.70. The van der Waals surface area contributed by atoms with Crippen LogP contribution in [-0.2, 0) is 0 Å². The Morgan fingerprint density at radius 3 is 2.25 bits per heavy atom. The highest BCUT2D eigenvalue weighted by Crippen LogP contribution is 1.91. The molecule has 0 aliphatic rings. The minimum absolute atomic E-state index is 0.938. The second-order valence-electron chi connectivity index (χ2n) is 1.39. The van der Waals surface area contributed by atoms with Crippen molar-refractivity contribution in [3.63, 3.8) is 0 Å². The van der Waals surface area contributed by atoms with Gasteiger partial charge in [0.2, 0.25) is 0 Å². The van der Waals surface area contributed by atoms with E-state index in [1.165, 1.54) is 0 Å². The van der Waals surface area contributed by atoms with Crippen LogP contribution >= 0.6 is 0 Å². The molecule has 0 aromatic carbocycles. The molecule has 0 saturated carbocycles. The molecule has 0 amide bonds. The molecule has 0 unspecified atom stereocenters. The quantitative estimate of drug-likeness (QED) is 0.355. The van der Waals surface area contributed by atoms with Gasteiger partial charge in [-0.15, -0.1) is 6.42 Å². The summed E-state index contributed by atoms with van der Waals surface area (Å²) in [6.07, 6.45) is 10.8. The largest absolute Gasteiger partial charge is 0.115 e. The molecule has 42 valence electrons. The first-order chi connectivity index (χ1) is 3.85. The van der Waals surface area contributed by atoms with Gasteiger partial charge in [-0.3, -0.25) is 0 Å². The van der Waals surface area contributed by atoms with Crippen molar-refractivity contribution in [2.24, 2.45) is 0 Å². The minimum Gasteiger partial charge on any atom is -0.115 e. The predicted octanol–water partition coefficient (Wildman–Crippen LogP) is 2.14. The van der Waals surface area contributed by atoms with Crippen LogP contribution in [0.4, 0.5) is 0 Å². The summed E-state index contributed by atoms with van der Waals surface area (Å²) in [5.74, 6) is 2.53.